The van der Waals surface area contributed by atoms with E-state index in [1.54, 1.807) is 6.92 Å². The molecule has 4 aliphatic rings. The Labute approximate surface area is 170 Å². The summed E-state index contributed by atoms with van der Waals surface area (Å²) in [5, 5.41) is 0. The van der Waals surface area contributed by atoms with E-state index < -0.39 is 0 Å². The lowest BCUT2D eigenvalue weighted by atomic mass is 9.77. The lowest BCUT2D eigenvalue weighted by Crippen LogP contribution is -2.51. The summed E-state index contributed by atoms with van der Waals surface area (Å²) in [5.74, 6) is 1.61. The summed E-state index contributed by atoms with van der Waals surface area (Å²) in [5.41, 5.74) is 1.71. The van der Waals surface area contributed by atoms with Crippen LogP contribution in [0.4, 0.5) is 0 Å². The maximum atomic E-state index is 13.3. The summed E-state index contributed by atoms with van der Waals surface area (Å²) >= 11 is 0. The molecule has 156 valence electrons. The fourth-order valence-electron chi connectivity index (χ4n) is 5.64. The van der Waals surface area contributed by atoms with Crippen LogP contribution < -0.4 is 5.56 Å². The Balaban J connectivity index is 1.35. The Morgan fingerprint density at radius 3 is 2.52 bits per heavy atom. The molecule has 3 fully saturated rings. The SMILES string of the molecule is CC(=O)N1CCC(C(=O)N2CCCC3(CCc4c3nc(C3CC3)[nH]c4=O)C2)CC1. The lowest BCUT2D eigenvalue weighted by molar-refractivity contribution is -0.142. The molecule has 5 rings (SSSR count). The molecule has 7 nitrogen and oxygen atoms in total. The third-order valence-corrected chi connectivity index (χ3v) is 7.53. The van der Waals surface area contributed by atoms with Crippen molar-refractivity contribution < 1.29 is 9.59 Å². The van der Waals surface area contributed by atoms with Gasteiger partial charge in [-0.15, -0.1) is 0 Å². The van der Waals surface area contributed by atoms with Gasteiger partial charge in [-0.25, -0.2) is 4.98 Å². The monoisotopic (exact) mass is 398 g/mol. The minimum absolute atomic E-state index is 0.00998. The van der Waals surface area contributed by atoms with Crippen LogP contribution in [0.15, 0.2) is 4.79 Å². The van der Waals surface area contributed by atoms with Crippen LogP contribution in [0.2, 0.25) is 0 Å². The lowest BCUT2D eigenvalue weighted by Gasteiger charge is -2.42. The Morgan fingerprint density at radius 2 is 1.83 bits per heavy atom. The standard InChI is InChI=1S/C22H30N4O3/c1-14(27)25-11-6-16(7-12-25)21(29)26-10-2-8-22(13-26)9-5-17-18(22)23-19(15-3-4-15)24-20(17)28/h15-16H,2-13H2,1H3,(H,23,24,28). The Morgan fingerprint density at radius 1 is 1.07 bits per heavy atom. The molecule has 2 saturated heterocycles. The number of aromatic nitrogens is 2. The van der Waals surface area contributed by atoms with Crippen molar-refractivity contribution >= 4 is 11.8 Å². The van der Waals surface area contributed by atoms with Crippen molar-refractivity contribution in [1.82, 2.24) is 19.8 Å². The average molecular weight is 399 g/mol. The average Bonchev–Trinajstić information content (AvgIpc) is 3.52. The van der Waals surface area contributed by atoms with Gasteiger partial charge in [-0.3, -0.25) is 14.4 Å². The Hall–Kier alpha value is -2.18. The molecular weight excluding hydrogens is 368 g/mol. The van der Waals surface area contributed by atoms with E-state index in [9.17, 15) is 14.4 Å². The van der Waals surface area contributed by atoms with E-state index in [0.29, 0.717) is 25.6 Å². The van der Waals surface area contributed by atoms with Gasteiger partial charge in [0.2, 0.25) is 11.8 Å². The van der Waals surface area contributed by atoms with E-state index in [-0.39, 0.29) is 28.7 Å². The van der Waals surface area contributed by atoms with Crippen molar-refractivity contribution in [2.45, 2.75) is 69.6 Å². The first-order valence-electron chi connectivity index (χ1n) is 11.1. The minimum atomic E-state index is -0.152. The van der Waals surface area contributed by atoms with Crippen LogP contribution in [0.5, 0.6) is 0 Å². The molecule has 1 saturated carbocycles. The molecule has 1 spiro atoms. The molecule has 1 aromatic heterocycles. The first-order chi connectivity index (χ1) is 14.0. The van der Waals surface area contributed by atoms with Crippen molar-refractivity contribution in [3.05, 3.63) is 27.4 Å². The van der Waals surface area contributed by atoms with Gasteiger partial charge < -0.3 is 14.8 Å². The molecule has 29 heavy (non-hydrogen) atoms. The quantitative estimate of drug-likeness (QED) is 0.822. The number of hydrogen-bond donors (Lipinski definition) is 1. The normalized spacial score (nSPS) is 27.3. The first-order valence-corrected chi connectivity index (χ1v) is 11.1. The Bertz CT molecular complexity index is 898. The second kappa shape index (κ2) is 6.96. The number of fused-ring (bicyclic) bond motifs is 2. The second-order valence-electron chi connectivity index (χ2n) is 9.48. The largest absolute Gasteiger partial charge is 0.343 e. The molecule has 2 aliphatic carbocycles. The van der Waals surface area contributed by atoms with Crippen LogP contribution in [0, 0.1) is 5.92 Å². The van der Waals surface area contributed by atoms with E-state index in [2.05, 4.69) is 4.98 Å². The second-order valence-corrected chi connectivity index (χ2v) is 9.48. The number of carbonyl (C=O) groups excluding carboxylic acids is 2. The number of piperidine rings is 2. The van der Waals surface area contributed by atoms with Crippen molar-refractivity contribution in [2.24, 2.45) is 5.92 Å². The summed E-state index contributed by atoms with van der Waals surface area (Å²) < 4.78 is 0. The van der Waals surface area contributed by atoms with E-state index in [4.69, 9.17) is 4.98 Å². The predicted octanol–water partition coefficient (Wildman–Crippen LogP) is 1.71. The number of hydrogen-bond acceptors (Lipinski definition) is 4. The highest BCUT2D eigenvalue weighted by molar-refractivity contribution is 5.80. The zero-order valence-corrected chi connectivity index (χ0v) is 17.2. The van der Waals surface area contributed by atoms with Crippen molar-refractivity contribution in [1.29, 1.82) is 0 Å². The van der Waals surface area contributed by atoms with Crippen LogP contribution >= 0.6 is 0 Å². The van der Waals surface area contributed by atoms with Gasteiger partial charge in [0.1, 0.15) is 5.82 Å². The van der Waals surface area contributed by atoms with Crippen LogP contribution in [-0.4, -0.2) is 57.8 Å². The zero-order chi connectivity index (χ0) is 20.2. The van der Waals surface area contributed by atoms with E-state index >= 15 is 0 Å². The fourth-order valence-corrected chi connectivity index (χ4v) is 5.64. The first kappa shape index (κ1) is 18.8. The molecule has 1 unspecified atom stereocenters. The van der Waals surface area contributed by atoms with Gasteiger partial charge in [0.15, 0.2) is 0 Å². The number of nitrogens with one attached hydrogen (secondary N) is 1. The molecule has 3 heterocycles. The maximum Gasteiger partial charge on any atom is 0.254 e. The number of likely N-dealkylation sites (tertiary alicyclic amines) is 2. The van der Waals surface area contributed by atoms with Crippen LogP contribution in [0.3, 0.4) is 0 Å². The van der Waals surface area contributed by atoms with E-state index in [1.807, 2.05) is 9.80 Å². The van der Waals surface area contributed by atoms with Gasteiger partial charge in [-0.1, -0.05) is 0 Å². The summed E-state index contributed by atoms with van der Waals surface area (Å²) in [6, 6.07) is 0. The molecule has 1 N–H and O–H groups in total. The molecule has 0 aromatic carbocycles. The van der Waals surface area contributed by atoms with Gasteiger partial charge in [-0.05, 0) is 51.4 Å². The van der Waals surface area contributed by atoms with Crippen LogP contribution in [0.25, 0.3) is 0 Å². The molecule has 1 aromatic rings. The molecule has 0 bridgehead atoms. The number of aromatic amines is 1. The number of rotatable bonds is 2. The molecule has 2 amide bonds. The van der Waals surface area contributed by atoms with E-state index in [0.717, 1.165) is 75.0 Å². The summed E-state index contributed by atoms with van der Waals surface area (Å²) in [4.78, 5) is 49.3. The Kier molecular flexibility index (Phi) is 4.51. The van der Waals surface area contributed by atoms with Gasteiger partial charge >= 0.3 is 0 Å². The summed E-state index contributed by atoms with van der Waals surface area (Å²) in [6.07, 6.45) is 7.37. The topological polar surface area (TPSA) is 86.4 Å². The zero-order valence-electron chi connectivity index (χ0n) is 17.2. The maximum absolute atomic E-state index is 13.3. The summed E-state index contributed by atoms with van der Waals surface area (Å²) in [7, 11) is 0. The van der Waals surface area contributed by atoms with Gasteiger partial charge in [-0.2, -0.15) is 0 Å². The molecule has 1 atom stereocenters. The third kappa shape index (κ3) is 3.28. The summed E-state index contributed by atoms with van der Waals surface area (Å²) in [6.45, 7) is 4.43. The van der Waals surface area contributed by atoms with Crippen LogP contribution in [0.1, 0.15) is 74.9 Å². The molecule has 0 radical (unpaired) electrons. The van der Waals surface area contributed by atoms with Crippen molar-refractivity contribution in [2.75, 3.05) is 26.2 Å². The predicted molar refractivity (Wildman–Crippen MR) is 108 cm³/mol. The number of H-pyrrole nitrogens is 1. The number of amides is 2. The van der Waals surface area contributed by atoms with Crippen molar-refractivity contribution in [3.8, 4) is 0 Å². The van der Waals surface area contributed by atoms with E-state index in [1.165, 1.54) is 0 Å². The van der Waals surface area contributed by atoms with Gasteiger partial charge in [0, 0.05) is 55.9 Å². The number of nitrogens with zero attached hydrogens (tertiary/aromatic N) is 3. The highest BCUT2D eigenvalue weighted by Gasteiger charge is 2.47. The van der Waals surface area contributed by atoms with Gasteiger partial charge in [0.25, 0.3) is 5.56 Å². The van der Waals surface area contributed by atoms with Gasteiger partial charge in [0.05, 0.1) is 5.69 Å². The minimum Gasteiger partial charge on any atom is -0.343 e. The number of carbonyl (C=O) groups is 2. The molecule has 2 aliphatic heterocycles. The molecule has 7 heteroatoms. The highest BCUT2D eigenvalue weighted by atomic mass is 16.2. The third-order valence-electron chi connectivity index (χ3n) is 7.53. The molecular formula is C22H30N4O3. The fraction of sp³-hybridized carbons (Fsp3) is 0.727. The highest BCUT2D eigenvalue weighted by Crippen LogP contribution is 2.45. The smallest absolute Gasteiger partial charge is 0.254 e. The van der Waals surface area contributed by atoms with Crippen molar-refractivity contribution in [3.63, 3.8) is 0 Å². The van der Waals surface area contributed by atoms with Crippen LogP contribution in [-0.2, 0) is 21.4 Å².